The van der Waals surface area contributed by atoms with Gasteiger partial charge in [0.15, 0.2) is 0 Å². The van der Waals surface area contributed by atoms with Gasteiger partial charge in [0.05, 0.1) is 6.54 Å². The highest BCUT2D eigenvalue weighted by Crippen LogP contribution is 2.21. The molecule has 1 atom stereocenters. The van der Waals surface area contributed by atoms with Crippen LogP contribution in [0, 0.1) is 11.7 Å². The number of benzene rings is 1. The van der Waals surface area contributed by atoms with Gasteiger partial charge in [0, 0.05) is 18.7 Å². The highest BCUT2D eigenvalue weighted by Gasteiger charge is 2.21. The number of halogens is 1. The van der Waals surface area contributed by atoms with E-state index >= 15 is 0 Å². The lowest BCUT2D eigenvalue weighted by Gasteiger charge is -2.30. The maximum Gasteiger partial charge on any atom is 0.247 e. The lowest BCUT2D eigenvalue weighted by molar-refractivity contribution is 0.109. The molecule has 0 amide bonds. The highest BCUT2D eigenvalue weighted by atomic mass is 19.1. The second kappa shape index (κ2) is 6.32. The maximum absolute atomic E-state index is 12.9. The highest BCUT2D eigenvalue weighted by molar-refractivity contribution is 5.51. The quantitative estimate of drug-likeness (QED) is 0.934. The summed E-state index contributed by atoms with van der Waals surface area (Å²) in [7, 11) is 0. The van der Waals surface area contributed by atoms with E-state index in [4.69, 9.17) is 4.42 Å². The van der Waals surface area contributed by atoms with Crippen molar-refractivity contribution in [3.63, 3.8) is 0 Å². The number of likely N-dealkylation sites (tertiary alicyclic amines) is 1. The second-order valence-electron chi connectivity index (χ2n) is 5.43. The van der Waals surface area contributed by atoms with E-state index in [1.807, 2.05) is 0 Å². The van der Waals surface area contributed by atoms with Gasteiger partial charge in [0.1, 0.15) is 5.82 Å². The molecule has 112 valence electrons. The van der Waals surface area contributed by atoms with Crippen molar-refractivity contribution in [2.24, 2.45) is 5.92 Å². The molecule has 1 aromatic carbocycles. The van der Waals surface area contributed by atoms with Gasteiger partial charge in [-0.1, -0.05) is 0 Å². The van der Waals surface area contributed by atoms with E-state index in [0.29, 0.717) is 29.8 Å². The minimum absolute atomic E-state index is 0.223. The Morgan fingerprint density at radius 3 is 2.86 bits per heavy atom. The van der Waals surface area contributed by atoms with Gasteiger partial charge in [-0.25, -0.2) is 4.39 Å². The summed E-state index contributed by atoms with van der Waals surface area (Å²) >= 11 is 0. The predicted molar refractivity (Wildman–Crippen MR) is 74.8 cm³/mol. The van der Waals surface area contributed by atoms with E-state index in [-0.39, 0.29) is 12.4 Å². The fraction of sp³-hybridized carbons (Fsp3) is 0.467. The fourth-order valence-electron chi connectivity index (χ4n) is 2.66. The number of aliphatic hydroxyl groups excluding tert-OH is 1. The summed E-state index contributed by atoms with van der Waals surface area (Å²) in [5.74, 6) is 0.994. The topological polar surface area (TPSA) is 62.4 Å². The summed E-state index contributed by atoms with van der Waals surface area (Å²) in [5, 5.41) is 17.3. The largest absolute Gasteiger partial charge is 0.419 e. The van der Waals surface area contributed by atoms with Gasteiger partial charge in [0.2, 0.25) is 11.8 Å². The van der Waals surface area contributed by atoms with Crippen molar-refractivity contribution in [1.82, 2.24) is 15.1 Å². The Kier molecular flexibility index (Phi) is 4.26. The minimum atomic E-state index is -0.290. The monoisotopic (exact) mass is 291 g/mol. The Labute approximate surface area is 122 Å². The van der Waals surface area contributed by atoms with Gasteiger partial charge in [-0.15, -0.1) is 10.2 Å². The molecule has 0 spiro atoms. The number of hydrogen-bond donors (Lipinski definition) is 1. The Morgan fingerprint density at radius 2 is 2.10 bits per heavy atom. The van der Waals surface area contributed by atoms with Crippen LogP contribution in [0.2, 0.25) is 0 Å². The maximum atomic E-state index is 12.9. The van der Waals surface area contributed by atoms with Gasteiger partial charge in [-0.2, -0.15) is 0 Å². The van der Waals surface area contributed by atoms with Crippen LogP contribution in [0.4, 0.5) is 4.39 Å². The number of hydrogen-bond acceptors (Lipinski definition) is 5. The van der Waals surface area contributed by atoms with Crippen molar-refractivity contribution in [3.05, 3.63) is 36.0 Å². The molecule has 1 unspecified atom stereocenters. The molecule has 1 aromatic heterocycles. The van der Waals surface area contributed by atoms with Crippen LogP contribution in [0.1, 0.15) is 18.7 Å². The Balaban J connectivity index is 1.66. The number of piperidine rings is 1. The first kappa shape index (κ1) is 14.2. The fourth-order valence-corrected chi connectivity index (χ4v) is 2.66. The molecule has 21 heavy (non-hydrogen) atoms. The molecule has 0 bridgehead atoms. The zero-order chi connectivity index (χ0) is 14.7. The van der Waals surface area contributed by atoms with Crippen LogP contribution in [-0.2, 0) is 6.54 Å². The molecule has 1 fully saturated rings. The molecule has 1 aliphatic rings. The zero-order valence-corrected chi connectivity index (χ0v) is 11.7. The van der Waals surface area contributed by atoms with Gasteiger partial charge in [-0.3, -0.25) is 4.90 Å². The standard InChI is InChI=1S/C15H18FN3O2/c16-13-5-3-12(4-6-13)15-18-17-14(21-15)9-19-7-1-2-11(8-19)10-20/h3-6,11,20H,1-2,7-10H2. The van der Waals surface area contributed by atoms with Crippen LogP contribution < -0.4 is 0 Å². The molecule has 1 aliphatic heterocycles. The number of aliphatic hydroxyl groups is 1. The Morgan fingerprint density at radius 1 is 1.29 bits per heavy atom. The second-order valence-corrected chi connectivity index (χ2v) is 5.43. The van der Waals surface area contributed by atoms with Gasteiger partial charge >= 0.3 is 0 Å². The van der Waals surface area contributed by atoms with Crippen LogP contribution in [0.25, 0.3) is 11.5 Å². The summed E-state index contributed by atoms with van der Waals surface area (Å²) in [6.45, 7) is 2.64. The summed E-state index contributed by atoms with van der Waals surface area (Å²) in [6.07, 6.45) is 2.14. The van der Waals surface area contributed by atoms with Crippen molar-refractivity contribution in [2.75, 3.05) is 19.7 Å². The molecule has 6 heteroatoms. The van der Waals surface area contributed by atoms with E-state index in [2.05, 4.69) is 15.1 Å². The first-order chi connectivity index (χ1) is 10.2. The third-order valence-electron chi connectivity index (χ3n) is 3.78. The minimum Gasteiger partial charge on any atom is -0.419 e. The lowest BCUT2D eigenvalue weighted by Crippen LogP contribution is -2.36. The molecule has 2 aromatic rings. The molecular weight excluding hydrogens is 273 g/mol. The van der Waals surface area contributed by atoms with E-state index < -0.39 is 0 Å². The van der Waals surface area contributed by atoms with Gasteiger partial charge in [-0.05, 0) is 49.6 Å². The van der Waals surface area contributed by atoms with Crippen molar-refractivity contribution in [3.8, 4) is 11.5 Å². The summed E-state index contributed by atoms with van der Waals surface area (Å²) in [5.41, 5.74) is 0.710. The third kappa shape index (κ3) is 3.46. The molecule has 2 heterocycles. The van der Waals surface area contributed by atoms with E-state index in [9.17, 15) is 9.50 Å². The third-order valence-corrected chi connectivity index (χ3v) is 3.78. The molecule has 0 aliphatic carbocycles. The van der Waals surface area contributed by atoms with Crippen molar-refractivity contribution >= 4 is 0 Å². The van der Waals surface area contributed by atoms with Crippen molar-refractivity contribution in [2.45, 2.75) is 19.4 Å². The van der Waals surface area contributed by atoms with Crippen molar-refractivity contribution < 1.29 is 13.9 Å². The SMILES string of the molecule is OCC1CCCN(Cc2nnc(-c3ccc(F)cc3)o2)C1. The van der Waals surface area contributed by atoms with E-state index in [1.165, 1.54) is 12.1 Å². The van der Waals surface area contributed by atoms with E-state index in [1.54, 1.807) is 12.1 Å². The zero-order valence-electron chi connectivity index (χ0n) is 11.7. The van der Waals surface area contributed by atoms with Gasteiger partial charge < -0.3 is 9.52 Å². The van der Waals surface area contributed by atoms with Crippen molar-refractivity contribution in [1.29, 1.82) is 0 Å². The molecule has 0 radical (unpaired) electrons. The number of aromatic nitrogens is 2. The molecule has 5 nitrogen and oxygen atoms in total. The van der Waals surface area contributed by atoms with Crippen LogP contribution in [0.15, 0.2) is 28.7 Å². The number of rotatable bonds is 4. The van der Waals surface area contributed by atoms with Gasteiger partial charge in [0.25, 0.3) is 0 Å². The molecule has 1 saturated heterocycles. The molecule has 0 saturated carbocycles. The summed E-state index contributed by atoms with van der Waals surface area (Å²) < 4.78 is 18.5. The van der Waals surface area contributed by atoms with Crippen LogP contribution in [0.3, 0.4) is 0 Å². The van der Waals surface area contributed by atoms with E-state index in [0.717, 1.165) is 25.9 Å². The lowest BCUT2D eigenvalue weighted by atomic mass is 9.99. The van der Waals surface area contributed by atoms with Crippen LogP contribution in [0.5, 0.6) is 0 Å². The molecular formula is C15H18FN3O2. The molecule has 3 rings (SSSR count). The van der Waals surface area contributed by atoms with Crippen LogP contribution >= 0.6 is 0 Å². The smallest absolute Gasteiger partial charge is 0.247 e. The Hall–Kier alpha value is -1.79. The average molecular weight is 291 g/mol. The molecule has 1 N–H and O–H groups in total. The predicted octanol–water partition coefficient (Wildman–Crippen LogP) is 2.08. The average Bonchev–Trinajstić information content (AvgIpc) is 2.96. The van der Waals surface area contributed by atoms with Crippen LogP contribution in [-0.4, -0.2) is 39.9 Å². The Bertz CT molecular complexity index is 585. The number of nitrogens with zero attached hydrogens (tertiary/aromatic N) is 3. The normalized spacial score (nSPS) is 19.8. The summed E-state index contributed by atoms with van der Waals surface area (Å²) in [4.78, 5) is 2.21. The summed E-state index contributed by atoms with van der Waals surface area (Å²) in [6, 6.07) is 5.98. The first-order valence-corrected chi connectivity index (χ1v) is 7.16. The first-order valence-electron chi connectivity index (χ1n) is 7.16.